The van der Waals surface area contributed by atoms with Crippen molar-refractivity contribution < 1.29 is 4.84 Å². The van der Waals surface area contributed by atoms with Crippen molar-refractivity contribution in [1.29, 1.82) is 0 Å². The van der Waals surface area contributed by atoms with Gasteiger partial charge in [0.05, 0.1) is 18.5 Å². The fraction of sp³-hybridized carbons (Fsp3) is 0.423. The molecule has 1 aliphatic carbocycles. The highest BCUT2D eigenvalue weighted by molar-refractivity contribution is 5.52. The molecule has 1 heterocycles. The number of aromatic nitrogens is 1. The molecule has 1 aromatic carbocycles. The van der Waals surface area contributed by atoms with E-state index in [1.807, 2.05) is 12.1 Å². The van der Waals surface area contributed by atoms with Crippen molar-refractivity contribution in [3.05, 3.63) is 77.3 Å². The van der Waals surface area contributed by atoms with Crippen molar-refractivity contribution >= 4 is 11.4 Å². The van der Waals surface area contributed by atoms with Gasteiger partial charge < -0.3 is 11.1 Å². The molecular formula is C26H36N4O. The zero-order valence-electron chi connectivity index (χ0n) is 19.1. The van der Waals surface area contributed by atoms with Crippen LogP contribution in [0.3, 0.4) is 0 Å². The molecule has 0 saturated heterocycles. The zero-order valence-corrected chi connectivity index (χ0v) is 19.1. The number of anilines is 2. The van der Waals surface area contributed by atoms with Crippen molar-refractivity contribution in [3.8, 4) is 0 Å². The number of nitrogens with two attached hydrogens (primary N) is 1. The van der Waals surface area contributed by atoms with Crippen molar-refractivity contribution in [1.82, 2.24) is 4.98 Å². The summed E-state index contributed by atoms with van der Waals surface area (Å²) in [6.45, 7) is 8.16. The van der Waals surface area contributed by atoms with Crippen LogP contribution in [0, 0.1) is 12.3 Å². The molecular weight excluding hydrogens is 384 g/mol. The van der Waals surface area contributed by atoms with E-state index in [1.165, 1.54) is 22.4 Å². The number of allylic oxidation sites excluding steroid dienone is 3. The molecule has 4 N–H and O–H groups in total. The number of nitrogens with one attached hydrogen (secondary N) is 2. The summed E-state index contributed by atoms with van der Waals surface area (Å²) in [5.41, 5.74) is 16.1. The van der Waals surface area contributed by atoms with Crippen LogP contribution in [0.1, 0.15) is 50.7 Å². The van der Waals surface area contributed by atoms with Crippen LogP contribution in [0.2, 0.25) is 0 Å². The number of nitrogens with zero attached hydrogens (tertiary/aromatic N) is 1. The van der Waals surface area contributed by atoms with Gasteiger partial charge in [0.2, 0.25) is 0 Å². The normalized spacial score (nSPS) is 14.0. The van der Waals surface area contributed by atoms with Crippen molar-refractivity contribution in [2.24, 2.45) is 11.1 Å². The van der Waals surface area contributed by atoms with E-state index >= 15 is 0 Å². The van der Waals surface area contributed by atoms with Gasteiger partial charge in [-0.25, -0.2) is 0 Å². The smallest absolute Gasteiger partial charge is 0.0800 e. The predicted octanol–water partition coefficient (Wildman–Crippen LogP) is 5.76. The first kappa shape index (κ1) is 22.9. The van der Waals surface area contributed by atoms with E-state index in [0.717, 1.165) is 50.0 Å². The van der Waals surface area contributed by atoms with Crippen LogP contribution in [-0.4, -0.2) is 18.1 Å². The maximum absolute atomic E-state index is 6.10. The molecule has 0 saturated carbocycles. The van der Waals surface area contributed by atoms with E-state index in [1.54, 1.807) is 12.4 Å². The molecule has 0 radical (unpaired) electrons. The SMILES string of the molecule is Cc1ccc(CC(C)(C)CONc2cccnc2)cc1NCCCC1=C(N)C=CCC1. The molecule has 2 aromatic rings. The second kappa shape index (κ2) is 11.0. The zero-order chi connectivity index (χ0) is 22.1. The van der Waals surface area contributed by atoms with Gasteiger partial charge in [-0.3, -0.25) is 15.3 Å². The lowest BCUT2D eigenvalue weighted by atomic mass is 9.86. The van der Waals surface area contributed by atoms with Gasteiger partial charge in [-0.1, -0.05) is 32.1 Å². The second-order valence-corrected chi connectivity index (χ2v) is 9.15. The number of aryl methyl sites for hydroxylation is 1. The summed E-state index contributed by atoms with van der Waals surface area (Å²) in [5.74, 6) is 0. The molecule has 1 aliphatic rings. The Morgan fingerprint density at radius 2 is 2.10 bits per heavy atom. The molecule has 0 aliphatic heterocycles. The maximum Gasteiger partial charge on any atom is 0.0800 e. The molecule has 0 spiro atoms. The monoisotopic (exact) mass is 420 g/mol. The highest BCUT2D eigenvalue weighted by atomic mass is 16.6. The molecule has 3 rings (SSSR count). The second-order valence-electron chi connectivity index (χ2n) is 9.15. The van der Waals surface area contributed by atoms with Crippen LogP contribution < -0.4 is 16.5 Å². The molecule has 0 amide bonds. The molecule has 5 nitrogen and oxygen atoms in total. The minimum atomic E-state index is 0.000237. The Labute approximate surface area is 186 Å². The molecule has 0 bridgehead atoms. The number of pyridine rings is 1. The Hall–Kier alpha value is -2.79. The van der Waals surface area contributed by atoms with Crippen molar-refractivity contribution in [2.75, 3.05) is 23.9 Å². The van der Waals surface area contributed by atoms with Gasteiger partial charge in [0, 0.05) is 24.1 Å². The summed E-state index contributed by atoms with van der Waals surface area (Å²) in [4.78, 5) is 9.82. The van der Waals surface area contributed by atoms with Gasteiger partial charge in [0.1, 0.15) is 0 Å². The van der Waals surface area contributed by atoms with Crippen molar-refractivity contribution in [3.63, 3.8) is 0 Å². The molecule has 0 atom stereocenters. The summed E-state index contributed by atoms with van der Waals surface area (Å²) in [7, 11) is 0. The lowest BCUT2D eigenvalue weighted by Crippen LogP contribution is -2.24. The van der Waals surface area contributed by atoms with E-state index in [4.69, 9.17) is 10.6 Å². The Morgan fingerprint density at radius 1 is 1.23 bits per heavy atom. The van der Waals surface area contributed by atoms with Gasteiger partial charge in [-0.05, 0) is 85.4 Å². The van der Waals surface area contributed by atoms with Gasteiger partial charge >= 0.3 is 0 Å². The molecule has 0 fully saturated rings. The standard InChI is InChI=1S/C26H36N4O/c1-20-12-13-21(17-26(2,3)19-31-30-23-10-7-14-28-18-23)16-25(20)29-15-6-9-22-8-4-5-11-24(22)27/h5,7,10-14,16,18,29-30H,4,6,8-9,15,17,19,27H2,1-3H3. The summed E-state index contributed by atoms with van der Waals surface area (Å²) in [6, 6.07) is 10.5. The van der Waals surface area contributed by atoms with Crippen LogP contribution in [0.5, 0.6) is 0 Å². The van der Waals surface area contributed by atoms with E-state index < -0.39 is 0 Å². The molecule has 5 heteroatoms. The van der Waals surface area contributed by atoms with E-state index in [0.29, 0.717) is 6.61 Å². The topological polar surface area (TPSA) is 72.2 Å². The first-order valence-corrected chi connectivity index (χ1v) is 11.2. The summed E-state index contributed by atoms with van der Waals surface area (Å²) in [6.07, 6.45) is 13.0. The van der Waals surface area contributed by atoms with Gasteiger partial charge in [0.25, 0.3) is 0 Å². The van der Waals surface area contributed by atoms with Crippen LogP contribution >= 0.6 is 0 Å². The lowest BCUT2D eigenvalue weighted by molar-refractivity contribution is 0.102. The van der Waals surface area contributed by atoms with Gasteiger partial charge in [-0.2, -0.15) is 0 Å². The van der Waals surface area contributed by atoms with Gasteiger partial charge in [-0.15, -0.1) is 0 Å². The van der Waals surface area contributed by atoms with E-state index in [-0.39, 0.29) is 5.41 Å². The third-order valence-electron chi connectivity index (χ3n) is 5.59. The Bertz CT molecular complexity index is 903. The third-order valence-corrected chi connectivity index (χ3v) is 5.59. The number of hydrogen-bond donors (Lipinski definition) is 3. The molecule has 166 valence electrons. The van der Waals surface area contributed by atoms with Gasteiger partial charge in [0.15, 0.2) is 0 Å². The summed E-state index contributed by atoms with van der Waals surface area (Å²) < 4.78 is 0. The Kier molecular flexibility index (Phi) is 8.13. The fourth-order valence-electron chi connectivity index (χ4n) is 3.84. The number of rotatable bonds is 11. The average Bonchev–Trinajstić information content (AvgIpc) is 2.75. The Balaban J connectivity index is 1.48. The maximum atomic E-state index is 6.10. The quantitative estimate of drug-likeness (QED) is 0.318. The highest BCUT2D eigenvalue weighted by Crippen LogP contribution is 2.26. The molecule has 1 aromatic heterocycles. The largest absolute Gasteiger partial charge is 0.399 e. The number of benzene rings is 1. The summed E-state index contributed by atoms with van der Waals surface area (Å²) >= 11 is 0. The first-order chi connectivity index (χ1) is 14.9. The molecule has 0 unspecified atom stereocenters. The first-order valence-electron chi connectivity index (χ1n) is 11.2. The van der Waals surface area contributed by atoms with Crippen LogP contribution in [0.15, 0.2) is 66.1 Å². The minimum Gasteiger partial charge on any atom is -0.399 e. The fourth-order valence-corrected chi connectivity index (χ4v) is 3.84. The molecule has 31 heavy (non-hydrogen) atoms. The number of hydrogen-bond acceptors (Lipinski definition) is 5. The lowest BCUT2D eigenvalue weighted by Gasteiger charge is -2.25. The third kappa shape index (κ3) is 7.44. The van der Waals surface area contributed by atoms with Crippen molar-refractivity contribution in [2.45, 2.75) is 52.9 Å². The Morgan fingerprint density at radius 3 is 2.87 bits per heavy atom. The van der Waals surface area contributed by atoms with Crippen LogP contribution in [-0.2, 0) is 11.3 Å². The average molecular weight is 421 g/mol. The predicted molar refractivity (Wildman–Crippen MR) is 130 cm³/mol. The van der Waals surface area contributed by atoms with Crippen LogP contribution in [0.4, 0.5) is 11.4 Å². The van der Waals surface area contributed by atoms with E-state index in [2.05, 4.69) is 66.9 Å². The van der Waals surface area contributed by atoms with Crippen LogP contribution in [0.25, 0.3) is 0 Å². The highest BCUT2D eigenvalue weighted by Gasteiger charge is 2.20. The van der Waals surface area contributed by atoms with E-state index in [9.17, 15) is 0 Å². The minimum absolute atomic E-state index is 0.000237. The summed E-state index contributed by atoms with van der Waals surface area (Å²) in [5, 5.41) is 3.63.